The lowest BCUT2D eigenvalue weighted by Crippen LogP contribution is -2.34. The number of nitrogens with one attached hydrogen (secondary N) is 4. The largest absolute Gasteiger partial charge is 0.487 e. The number of fused-ring (bicyclic) bond motifs is 3. The van der Waals surface area contributed by atoms with Gasteiger partial charge >= 0.3 is 30.6 Å². The predicted molar refractivity (Wildman–Crippen MR) is 298 cm³/mol. The lowest BCUT2D eigenvalue weighted by atomic mass is 10.1. The molecule has 0 saturated heterocycles. The van der Waals surface area contributed by atoms with Crippen molar-refractivity contribution in [3.63, 3.8) is 0 Å². The Labute approximate surface area is 478 Å². The van der Waals surface area contributed by atoms with Crippen LogP contribution in [0.25, 0.3) is 32.7 Å². The number of carbonyl (C=O) groups excluding carboxylic acids is 1. The van der Waals surface area contributed by atoms with Crippen LogP contribution in [-0.4, -0.2) is 104 Å². The molecule has 3 heterocycles. The molecule has 0 aliphatic heterocycles. The van der Waals surface area contributed by atoms with Crippen molar-refractivity contribution in [2.45, 2.75) is 69.5 Å². The molecule has 0 saturated carbocycles. The lowest BCUT2D eigenvalue weighted by molar-refractivity contribution is -0.148. The first kappa shape index (κ1) is 65.8. The van der Waals surface area contributed by atoms with Gasteiger partial charge in [0.1, 0.15) is 41.0 Å². The van der Waals surface area contributed by atoms with Crippen molar-refractivity contribution in [1.82, 2.24) is 20.3 Å². The van der Waals surface area contributed by atoms with Crippen LogP contribution < -0.4 is 25.3 Å². The second-order valence-corrected chi connectivity index (χ2v) is 19.0. The highest BCUT2D eigenvalue weighted by Gasteiger charge is 2.42. The third-order valence-corrected chi connectivity index (χ3v) is 12.5. The molecule has 0 fully saturated rings. The summed E-state index contributed by atoms with van der Waals surface area (Å²) >= 11 is 0. The molecule has 0 bridgehead atoms. The molecule has 0 aliphatic carbocycles. The van der Waals surface area contributed by atoms with Gasteiger partial charge in [0.2, 0.25) is 0 Å². The summed E-state index contributed by atoms with van der Waals surface area (Å²) < 4.78 is 192. The van der Waals surface area contributed by atoms with Crippen molar-refractivity contribution >= 4 is 45.2 Å². The van der Waals surface area contributed by atoms with E-state index in [1.165, 1.54) is 78.9 Å². The van der Waals surface area contributed by atoms with E-state index < -0.39 is 56.6 Å². The molecule has 0 radical (unpaired) electrons. The topological polar surface area (TPSA) is 143 Å². The van der Waals surface area contributed by atoms with Gasteiger partial charge in [0, 0.05) is 76.2 Å². The van der Waals surface area contributed by atoms with Crippen LogP contribution in [0.3, 0.4) is 0 Å². The number of aromatic amines is 3. The standard InChI is InChI=1S/C21H20F4N2O.C20H19F5N2O.C10H8F4O2.C10H11FN2/c1-14(22)21(24,25)13-28-18-4-2-3-15(9-18)11-26-8-7-16-12-27-20-10-17(23)5-6-19(16)20;21-15-4-5-17-14(11-27-18(17)9-15)6-7-26-10-13-2-1-3-16(8-13)28-12-20(24,25)19(22)23;11-9(12)10(13,14)6-16-8-3-1-2-7(4-8)5-15;11-8-1-2-9-7(3-4-12)6-13-10(9)5-8/h2-6,9-12,14,27H,7-8,13H2,1H3;1-5,8-9,11,19,26-27H,6-7,10,12H2;1-5,9H,6H2;1-2,5-6,13H,3-4,12H2. The van der Waals surface area contributed by atoms with E-state index in [1.54, 1.807) is 54.7 Å². The zero-order chi connectivity index (χ0) is 61.7. The SMILES string of the molecule is CC(F)C(F)(F)COc1cccc(C=NCCc2c[nH]c3cc(F)ccc23)c1.Fc1ccc2c(CCNCc3cccc(OCC(F)(F)C(F)F)c3)c[nH]c2c1.NCCc1c[nH]c2cc(F)ccc12.O=Cc1cccc(OCC(F)(F)C(F)F)c1. The molecular weight excluding hydrogens is 1150 g/mol. The zero-order valence-electron chi connectivity index (χ0n) is 45.3. The van der Waals surface area contributed by atoms with Crippen LogP contribution in [0.1, 0.15) is 45.1 Å². The predicted octanol–water partition coefficient (Wildman–Crippen LogP) is 14.8. The molecular formula is C61H58F14N6O4. The highest BCUT2D eigenvalue weighted by atomic mass is 19.3. The summed E-state index contributed by atoms with van der Waals surface area (Å²) in [6.45, 7) is -0.797. The fourth-order valence-electron chi connectivity index (χ4n) is 7.95. The third-order valence-electron chi connectivity index (χ3n) is 12.5. The monoisotopic (exact) mass is 1200 g/mol. The van der Waals surface area contributed by atoms with E-state index in [1.807, 2.05) is 18.6 Å². The van der Waals surface area contributed by atoms with Crippen LogP contribution >= 0.6 is 0 Å². The van der Waals surface area contributed by atoms with Crippen molar-refractivity contribution in [3.05, 3.63) is 197 Å². The normalized spacial score (nSPS) is 12.2. The van der Waals surface area contributed by atoms with Gasteiger partial charge in [-0.1, -0.05) is 36.4 Å². The maximum atomic E-state index is 13.3. The van der Waals surface area contributed by atoms with Gasteiger partial charge in [-0.25, -0.2) is 35.1 Å². The molecule has 6 aromatic carbocycles. The Hall–Kier alpha value is -8.38. The van der Waals surface area contributed by atoms with Crippen LogP contribution in [0.4, 0.5) is 61.5 Å². The molecule has 0 aliphatic rings. The third kappa shape index (κ3) is 20.1. The number of alkyl halides is 11. The van der Waals surface area contributed by atoms with Gasteiger partial charge in [0.25, 0.3) is 0 Å². The number of benzene rings is 6. The molecule has 1 atom stereocenters. The molecule has 24 heteroatoms. The lowest BCUT2D eigenvalue weighted by Gasteiger charge is -2.18. The Morgan fingerprint density at radius 2 is 0.965 bits per heavy atom. The molecule has 3 aromatic heterocycles. The fraction of sp³-hybridized carbons (Fsp3) is 0.279. The zero-order valence-corrected chi connectivity index (χ0v) is 45.3. The fourth-order valence-corrected chi connectivity index (χ4v) is 7.95. The van der Waals surface area contributed by atoms with Crippen molar-refractivity contribution in [3.8, 4) is 17.2 Å². The highest BCUT2D eigenvalue weighted by molar-refractivity contribution is 5.85. The first-order valence-corrected chi connectivity index (χ1v) is 26.1. The van der Waals surface area contributed by atoms with Gasteiger partial charge in [-0.2, -0.15) is 26.3 Å². The van der Waals surface area contributed by atoms with Crippen molar-refractivity contribution in [2.75, 3.05) is 39.5 Å². The number of aliphatic imine (C=N–C) groups is 1. The van der Waals surface area contributed by atoms with Crippen molar-refractivity contribution in [2.24, 2.45) is 10.7 Å². The van der Waals surface area contributed by atoms with Gasteiger partial charge < -0.3 is 40.2 Å². The average Bonchev–Trinajstić information content (AvgIpc) is 3.84. The van der Waals surface area contributed by atoms with Crippen LogP contribution in [0, 0.1) is 17.5 Å². The number of H-pyrrole nitrogens is 3. The summed E-state index contributed by atoms with van der Waals surface area (Å²) in [4.78, 5) is 23.8. The van der Waals surface area contributed by atoms with Crippen molar-refractivity contribution in [1.29, 1.82) is 0 Å². The van der Waals surface area contributed by atoms with Gasteiger partial charge in [0.15, 0.2) is 26.0 Å². The maximum absolute atomic E-state index is 13.3. The maximum Gasteiger partial charge on any atom is 0.340 e. The van der Waals surface area contributed by atoms with E-state index in [-0.39, 0.29) is 40.3 Å². The highest BCUT2D eigenvalue weighted by Crippen LogP contribution is 2.28. The Kier molecular flexibility index (Phi) is 24.0. The quantitative estimate of drug-likeness (QED) is 0.0177. The molecule has 10 nitrogen and oxygen atoms in total. The molecule has 454 valence electrons. The van der Waals surface area contributed by atoms with Gasteiger partial charge in [-0.05, 0) is 158 Å². The average molecular weight is 1210 g/mol. The molecule has 9 aromatic rings. The Bertz CT molecular complexity index is 3570. The smallest absolute Gasteiger partial charge is 0.340 e. The van der Waals surface area contributed by atoms with E-state index in [2.05, 4.69) is 30.0 Å². The van der Waals surface area contributed by atoms with Crippen LogP contribution in [0.5, 0.6) is 17.2 Å². The number of aldehydes is 1. The summed E-state index contributed by atoms with van der Waals surface area (Å²) in [5.41, 5.74) is 12.7. The number of nitrogens with two attached hydrogens (primary N) is 1. The van der Waals surface area contributed by atoms with E-state index in [0.717, 1.165) is 68.3 Å². The Balaban J connectivity index is 0.000000190. The van der Waals surface area contributed by atoms with Gasteiger partial charge in [0.05, 0.1) is 0 Å². The minimum absolute atomic E-state index is 0.0510. The van der Waals surface area contributed by atoms with E-state index in [4.69, 9.17) is 15.2 Å². The molecule has 1 unspecified atom stereocenters. The Morgan fingerprint density at radius 1 is 0.541 bits per heavy atom. The first-order chi connectivity index (χ1) is 40.5. The second-order valence-electron chi connectivity index (χ2n) is 19.0. The summed E-state index contributed by atoms with van der Waals surface area (Å²) in [6.07, 6.45) is 0.0570. The number of carbonyl (C=O) groups is 1. The van der Waals surface area contributed by atoms with E-state index in [9.17, 15) is 66.3 Å². The Morgan fingerprint density at radius 3 is 1.42 bits per heavy atom. The van der Waals surface area contributed by atoms with Gasteiger partial charge in [-0.3, -0.25) is 9.79 Å². The van der Waals surface area contributed by atoms with Crippen LogP contribution in [0.2, 0.25) is 0 Å². The molecule has 0 amide bonds. The van der Waals surface area contributed by atoms with Crippen LogP contribution in [-0.2, 0) is 25.8 Å². The number of nitrogens with zero attached hydrogens (tertiary/aromatic N) is 1. The van der Waals surface area contributed by atoms with Crippen LogP contribution in [0.15, 0.2) is 151 Å². The number of ether oxygens (including phenoxy) is 3. The number of rotatable bonds is 24. The minimum atomic E-state index is -4.20. The summed E-state index contributed by atoms with van der Waals surface area (Å²) in [6, 6.07) is 32.1. The van der Waals surface area contributed by atoms with Gasteiger partial charge in [-0.15, -0.1) is 0 Å². The van der Waals surface area contributed by atoms with E-state index in [0.29, 0.717) is 50.9 Å². The van der Waals surface area contributed by atoms with Crippen molar-refractivity contribution < 1.29 is 80.5 Å². The minimum Gasteiger partial charge on any atom is -0.487 e. The molecule has 85 heavy (non-hydrogen) atoms. The van der Waals surface area contributed by atoms with E-state index >= 15 is 0 Å². The second kappa shape index (κ2) is 31.0. The molecule has 0 spiro atoms. The number of halogens is 14. The summed E-state index contributed by atoms with van der Waals surface area (Å²) in [5.74, 6) is -12.4. The number of hydrogen-bond acceptors (Lipinski definition) is 7. The summed E-state index contributed by atoms with van der Waals surface area (Å²) in [5, 5.41) is 6.19. The molecule has 9 rings (SSSR count). The number of hydrogen-bond donors (Lipinski definition) is 5. The molecule has 6 N–H and O–H groups in total. The summed E-state index contributed by atoms with van der Waals surface area (Å²) in [7, 11) is 0. The first-order valence-electron chi connectivity index (χ1n) is 26.1. The number of aromatic nitrogens is 3.